The second-order valence-electron chi connectivity index (χ2n) is 7.44. The van der Waals surface area contributed by atoms with Crippen molar-refractivity contribution in [1.82, 2.24) is 10.3 Å². The van der Waals surface area contributed by atoms with E-state index in [9.17, 15) is 18.4 Å². The van der Waals surface area contributed by atoms with Crippen LogP contribution in [0, 0.1) is 11.6 Å². The third-order valence-corrected chi connectivity index (χ3v) is 5.11. The summed E-state index contributed by atoms with van der Waals surface area (Å²) in [5, 5.41) is 5.86. The molecule has 1 aromatic heterocycles. The maximum Gasteiger partial charge on any atom is 0.408 e. The molecule has 0 spiro atoms. The third kappa shape index (κ3) is 5.54. The van der Waals surface area contributed by atoms with E-state index in [4.69, 9.17) is 4.74 Å². The summed E-state index contributed by atoms with van der Waals surface area (Å²) in [5.74, 6) is -2.34. The number of carbonyl (C=O) groups excluding carboxylic acids is 2. The number of fused-ring (bicyclic) bond motifs is 1. The predicted molar refractivity (Wildman–Crippen MR) is 121 cm³/mol. The molecular formula is C25H21F2N3O3. The summed E-state index contributed by atoms with van der Waals surface area (Å²) in [6.07, 6.45) is 1.08. The topological polar surface area (TPSA) is 83.2 Å². The second-order valence-corrected chi connectivity index (χ2v) is 7.44. The van der Waals surface area contributed by atoms with E-state index < -0.39 is 29.7 Å². The fourth-order valence-corrected chi connectivity index (χ4v) is 3.45. The summed E-state index contributed by atoms with van der Waals surface area (Å²) < 4.78 is 32.5. The minimum Gasteiger partial charge on any atom is -0.445 e. The summed E-state index contributed by atoms with van der Waals surface area (Å²) >= 11 is 0. The zero-order valence-corrected chi connectivity index (χ0v) is 17.5. The van der Waals surface area contributed by atoms with Crippen molar-refractivity contribution in [2.45, 2.75) is 19.1 Å². The number of nitrogens with one attached hydrogen (secondary N) is 3. The number of carbonyl (C=O) groups is 2. The summed E-state index contributed by atoms with van der Waals surface area (Å²) in [4.78, 5) is 28.5. The zero-order valence-electron chi connectivity index (χ0n) is 17.5. The van der Waals surface area contributed by atoms with E-state index in [0.29, 0.717) is 6.07 Å². The van der Waals surface area contributed by atoms with Gasteiger partial charge in [0.05, 0.1) is 5.69 Å². The van der Waals surface area contributed by atoms with E-state index in [1.54, 1.807) is 18.3 Å². The van der Waals surface area contributed by atoms with Crippen LogP contribution in [0.4, 0.5) is 19.3 Å². The number of hydrogen-bond acceptors (Lipinski definition) is 3. The standard InChI is InChI=1S/C25H21F2N3O3/c26-18-10-11-22(20(27)13-18)29-24(31)23(12-17-14-28-21-9-5-4-8-19(17)21)30-25(32)33-15-16-6-2-1-3-7-16/h1-11,13-14,23,28H,12,15H2,(H,29,31)(H,30,32). The van der Waals surface area contributed by atoms with Gasteiger partial charge in [0.2, 0.25) is 5.91 Å². The van der Waals surface area contributed by atoms with E-state index in [1.807, 2.05) is 42.5 Å². The van der Waals surface area contributed by atoms with Gasteiger partial charge in [-0.1, -0.05) is 48.5 Å². The van der Waals surface area contributed by atoms with Gasteiger partial charge in [0.15, 0.2) is 0 Å². The first kappa shape index (κ1) is 22.0. The Hall–Kier alpha value is -4.20. The predicted octanol–water partition coefficient (Wildman–Crippen LogP) is 4.92. The molecule has 2 amide bonds. The van der Waals surface area contributed by atoms with Crippen LogP contribution in [0.1, 0.15) is 11.1 Å². The van der Waals surface area contributed by atoms with Gasteiger partial charge in [-0.2, -0.15) is 0 Å². The van der Waals surface area contributed by atoms with Crippen LogP contribution in [-0.4, -0.2) is 23.0 Å². The molecule has 1 heterocycles. The maximum atomic E-state index is 14.1. The average molecular weight is 449 g/mol. The molecule has 0 aliphatic heterocycles. The van der Waals surface area contributed by atoms with Crippen LogP contribution in [0.3, 0.4) is 0 Å². The van der Waals surface area contributed by atoms with Gasteiger partial charge < -0.3 is 20.4 Å². The Kier molecular flexibility index (Phi) is 6.64. The van der Waals surface area contributed by atoms with Crippen LogP contribution in [0.2, 0.25) is 0 Å². The van der Waals surface area contributed by atoms with Crippen molar-refractivity contribution in [3.63, 3.8) is 0 Å². The number of halogens is 2. The molecule has 0 fully saturated rings. The largest absolute Gasteiger partial charge is 0.445 e. The number of ether oxygens (including phenoxy) is 1. The van der Waals surface area contributed by atoms with Crippen molar-refractivity contribution in [3.05, 3.63) is 102 Å². The van der Waals surface area contributed by atoms with E-state index in [0.717, 1.165) is 34.2 Å². The highest BCUT2D eigenvalue weighted by molar-refractivity contribution is 5.97. The summed E-state index contributed by atoms with van der Waals surface area (Å²) in [7, 11) is 0. The molecule has 4 aromatic rings. The minimum atomic E-state index is -1.07. The molecule has 168 valence electrons. The van der Waals surface area contributed by atoms with E-state index in [2.05, 4.69) is 15.6 Å². The molecule has 0 saturated heterocycles. The number of anilines is 1. The number of aromatic nitrogens is 1. The summed E-state index contributed by atoms with van der Waals surface area (Å²) in [6, 6.07) is 18.4. The molecule has 4 rings (SSSR count). The lowest BCUT2D eigenvalue weighted by molar-refractivity contribution is -0.118. The van der Waals surface area contributed by atoms with Crippen LogP contribution in [-0.2, 0) is 22.6 Å². The highest BCUT2D eigenvalue weighted by Gasteiger charge is 2.24. The lowest BCUT2D eigenvalue weighted by atomic mass is 10.0. The highest BCUT2D eigenvalue weighted by atomic mass is 19.1. The molecule has 0 bridgehead atoms. The van der Waals surface area contributed by atoms with E-state index >= 15 is 0 Å². The van der Waals surface area contributed by atoms with Gasteiger partial charge in [0, 0.05) is 29.6 Å². The Bertz CT molecular complexity index is 1270. The smallest absolute Gasteiger partial charge is 0.408 e. The first-order chi connectivity index (χ1) is 16.0. The number of H-pyrrole nitrogens is 1. The Morgan fingerprint density at radius 1 is 0.970 bits per heavy atom. The molecular weight excluding hydrogens is 428 g/mol. The van der Waals surface area contributed by atoms with Gasteiger partial charge in [0.1, 0.15) is 24.3 Å². The van der Waals surface area contributed by atoms with Gasteiger partial charge in [-0.25, -0.2) is 13.6 Å². The molecule has 0 aliphatic rings. The quantitative estimate of drug-likeness (QED) is 0.374. The number of benzene rings is 3. The first-order valence-corrected chi connectivity index (χ1v) is 10.3. The Balaban J connectivity index is 1.51. The Morgan fingerprint density at radius 2 is 1.73 bits per heavy atom. The molecule has 0 aliphatic carbocycles. The van der Waals surface area contributed by atoms with Gasteiger partial charge >= 0.3 is 6.09 Å². The lowest BCUT2D eigenvalue weighted by Gasteiger charge is -2.18. The fourth-order valence-electron chi connectivity index (χ4n) is 3.45. The molecule has 1 atom stereocenters. The molecule has 1 unspecified atom stereocenters. The van der Waals surface area contributed by atoms with Crippen LogP contribution >= 0.6 is 0 Å². The number of amides is 2. The SMILES string of the molecule is O=C(NC(Cc1c[nH]c2ccccc12)C(=O)Nc1ccc(F)cc1F)OCc1ccccc1. The summed E-state index contributed by atoms with van der Waals surface area (Å²) in [6.45, 7) is 0.0285. The van der Waals surface area contributed by atoms with Crippen LogP contribution in [0.25, 0.3) is 10.9 Å². The molecule has 0 saturated carbocycles. The Labute approximate surface area is 188 Å². The summed E-state index contributed by atoms with van der Waals surface area (Å²) in [5.41, 5.74) is 2.26. The van der Waals surface area contributed by atoms with Crippen molar-refractivity contribution in [3.8, 4) is 0 Å². The number of rotatable bonds is 7. The second kappa shape index (κ2) is 9.95. The van der Waals surface area contributed by atoms with Crippen LogP contribution < -0.4 is 10.6 Å². The van der Waals surface area contributed by atoms with Crippen molar-refractivity contribution >= 4 is 28.6 Å². The monoisotopic (exact) mass is 449 g/mol. The number of aromatic amines is 1. The molecule has 0 radical (unpaired) electrons. The highest BCUT2D eigenvalue weighted by Crippen LogP contribution is 2.20. The van der Waals surface area contributed by atoms with Crippen molar-refractivity contribution in [1.29, 1.82) is 0 Å². The van der Waals surface area contributed by atoms with Gasteiger partial charge in [-0.3, -0.25) is 4.79 Å². The number of hydrogen-bond donors (Lipinski definition) is 3. The first-order valence-electron chi connectivity index (χ1n) is 10.3. The Morgan fingerprint density at radius 3 is 2.52 bits per heavy atom. The van der Waals surface area contributed by atoms with Gasteiger partial charge in [-0.05, 0) is 29.3 Å². The molecule has 3 aromatic carbocycles. The maximum absolute atomic E-state index is 14.1. The molecule has 3 N–H and O–H groups in total. The zero-order chi connectivity index (χ0) is 23.2. The van der Waals surface area contributed by atoms with Crippen LogP contribution in [0.15, 0.2) is 79.0 Å². The van der Waals surface area contributed by atoms with Gasteiger partial charge in [-0.15, -0.1) is 0 Å². The molecule has 6 nitrogen and oxygen atoms in total. The third-order valence-electron chi connectivity index (χ3n) is 5.11. The number of alkyl carbamates (subject to hydrolysis) is 1. The van der Waals surface area contributed by atoms with Crippen LogP contribution in [0.5, 0.6) is 0 Å². The number of para-hydroxylation sites is 1. The molecule has 33 heavy (non-hydrogen) atoms. The molecule has 8 heteroatoms. The normalized spacial score (nSPS) is 11.7. The fraction of sp³-hybridized carbons (Fsp3) is 0.120. The van der Waals surface area contributed by atoms with E-state index in [1.165, 1.54) is 0 Å². The van der Waals surface area contributed by atoms with Crippen molar-refractivity contribution in [2.24, 2.45) is 0 Å². The minimum absolute atomic E-state index is 0.0285. The average Bonchev–Trinajstić information content (AvgIpc) is 3.22. The van der Waals surface area contributed by atoms with Gasteiger partial charge in [0.25, 0.3) is 0 Å². The van der Waals surface area contributed by atoms with Crippen molar-refractivity contribution in [2.75, 3.05) is 5.32 Å². The van der Waals surface area contributed by atoms with Crippen molar-refractivity contribution < 1.29 is 23.1 Å². The lowest BCUT2D eigenvalue weighted by Crippen LogP contribution is -2.45. The van der Waals surface area contributed by atoms with E-state index in [-0.39, 0.29) is 18.7 Å².